The van der Waals surface area contributed by atoms with Gasteiger partial charge >= 0.3 is 0 Å². The quantitative estimate of drug-likeness (QED) is 0.488. The number of hydrogen-bond donors (Lipinski definition) is 1. The minimum absolute atomic E-state index is 0.300. The molecule has 2 rings (SSSR count). The Bertz CT molecular complexity index is 860. The molecule has 2 aromatic rings. The van der Waals surface area contributed by atoms with Gasteiger partial charge in [0.05, 0.1) is 46.2 Å². The molecule has 0 aliphatic carbocycles. The third-order valence-electron chi connectivity index (χ3n) is 3.80. The monoisotopic (exact) mass is 452 g/mol. The summed E-state index contributed by atoms with van der Waals surface area (Å²) < 4.78 is 27.0. The van der Waals surface area contributed by atoms with Crippen molar-refractivity contribution >= 4 is 28.1 Å². The van der Waals surface area contributed by atoms with Crippen LogP contribution in [0.1, 0.15) is 15.9 Å². The van der Waals surface area contributed by atoms with Crippen LogP contribution in [0.25, 0.3) is 0 Å². The number of nitrogens with one attached hydrogen (secondary N) is 1. The van der Waals surface area contributed by atoms with Gasteiger partial charge in [-0.15, -0.1) is 0 Å². The summed E-state index contributed by atoms with van der Waals surface area (Å²) in [5.41, 5.74) is 3.42. The van der Waals surface area contributed by atoms with Crippen molar-refractivity contribution in [1.29, 1.82) is 0 Å². The largest absolute Gasteiger partial charge is 0.496 e. The Labute approximate surface area is 171 Å². The zero-order valence-corrected chi connectivity index (χ0v) is 17.7. The molecular formula is C19H21BrN2O6. The number of hydrogen-bond acceptors (Lipinski definition) is 7. The van der Waals surface area contributed by atoms with Gasteiger partial charge in [0.2, 0.25) is 5.75 Å². The topological polar surface area (TPSA) is 87.6 Å². The molecule has 0 atom stereocenters. The molecule has 150 valence electrons. The SMILES string of the molecule is COc1cc(OC)c(C=NNC(=O)c2cc(OC)c(OC)c(OC)c2)cc1Br. The molecule has 0 heterocycles. The summed E-state index contributed by atoms with van der Waals surface area (Å²) in [5, 5.41) is 4.00. The second kappa shape index (κ2) is 9.84. The minimum Gasteiger partial charge on any atom is -0.496 e. The summed E-state index contributed by atoms with van der Waals surface area (Å²) in [6, 6.07) is 6.56. The van der Waals surface area contributed by atoms with Crippen LogP contribution in [0, 0.1) is 0 Å². The van der Waals surface area contributed by atoms with Gasteiger partial charge < -0.3 is 23.7 Å². The van der Waals surface area contributed by atoms with Crippen molar-refractivity contribution in [3.63, 3.8) is 0 Å². The number of carbonyl (C=O) groups is 1. The van der Waals surface area contributed by atoms with Gasteiger partial charge in [0.1, 0.15) is 11.5 Å². The van der Waals surface area contributed by atoms with Crippen molar-refractivity contribution in [2.45, 2.75) is 0 Å². The Balaban J connectivity index is 2.24. The number of rotatable bonds is 8. The maximum atomic E-state index is 12.5. The maximum absolute atomic E-state index is 12.5. The molecule has 0 aliphatic heterocycles. The summed E-state index contributed by atoms with van der Waals surface area (Å²) >= 11 is 3.40. The lowest BCUT2D eigenvalue weighted by atomic mass is 10.1. The summed E-state index contributed by atoms with van der Waals surface area (Å²) in [6.07, 6.45) is 1.47. The fourth-order valence-electron chi connectivity index (χ4n) is 2.42. The van der Waals surface area contributed by atoms with E-state index in [0.717, 1.165) is 4.47 Å². The van der Waals surface area contributed by atoms with Crippen molar-refractivity contribution in [1.82, 2.24) is 5.43 Å². The molecule has 8 nitrogen and oxygen atoms in total. The summed E-state index contributed by atoms with van der Waals surface area (Å²) in [7, 11) is 7.54. The maximum Gasteiger partial charge on any atom is 0.271 e. The lowest BCUT2D eigenvalue weighted by Crippen LogP contribution is -2.18. The van der Waals surface area contributed by atoms with Crippen LogP contribution in [0.5, 0.6) is 28.7 Å². The second-order valence-electron chi connectivity index (χ2n) is 5.34. The standard InChI is InChI=1S/C19H21BrN2O6/c1-24-14-9-15(25-2)13(20)6-12(14)10-21-22-19(23)11-7-16(26-3)18(28-5)17(8-11)27-4/h6-10H,1-5H3,(H,22,23). The highest BCUT2D eigenvalue weighted by Gasteiger charge is 2.16. The van der Waals surface area contributed by atoms with E-state index in [1.165, 1.54) is 46.8 Å². The molecule has 1 amide bonds. The van der Waals surface area contributed by atoms with Gasteiger partial charge in [0.15, 0.2) is 11.5 Å². The number of amides is 1. The first kappa shape index (κ1) is 21.4. The molecule has 0 bridgehead atoms. The van der Waals surface area contributed by atoms with Crippen LogP contribution in [-0.4, -0.2) is 47.7 Å². The average molecular weight is 453 g/mol. The predicted molar refractivity (Wildman–Crippen MR) is 108 cm³/mol. The van der Waals surface area contributed by atoms with E-state index in [9.17, 15) is 4.79 Å². The highest BCUT2D eigenvalue weighted by molar-refractivity contribution is 9.10. The van der Waals surface area contributed by atoms with Gasteiger partial charge in [-0.2, -0.15) is 5.10 Å². The number of halogens is 1. The molecule has 0 saturated carbocycles. The molecule has 0 radical (unpaired) electrons. The Morgan fingerprint density at radius 2 is 1.43 bits per heavy atom. The summed E-state index contributed by atoms with van der Waals surface area (Å²) in [6.45, 7) is 0. The van der Waals surface area contributed by atoms with Crippen LogP contribution in [0.15, 0.2) is 33.8 Å². The van der Waals surface area contributed by atoms with Gasteiger partial charge in [0.25, 0.3) is 5.91 Å². The molecule has 0 spiro atoms. The zero-order chi connectivity index (χ0) is 20.7. The Hall–Kier alpha value is -2.94. The van der Waals surface area contributed by atoms with Crippen molar-refractivity contribution in [2.24, 2.45) is 5.10 Å². The summed E-state index contributed by atoms with van der Waals surface area (Å²) in [4.78, 5) is 12.5. The van der Waals surface area contributed by atoms with Gasteiger partial charge in [0, 0.05) is 17.2 Å². The predicted octanol–water partition coefficient (Wildman–Crippen LogP) is 3.26. The van der Waals surface area contributed by atoms with E-state index in [1.807, 2.05) is 0 Å². The first-order chi connectivity index (χ1) is 13.5. The van der Waals surface area contributed by atoms with Crippen LogP contribution >= 0.6 is 15.9 Å². The van der Waals surface area contributed by atoms with Gasteiger partial charge in [-0.05, 0) is 34.1 Å². The number of nitrogens with zero attached hydrogens (tertiary/aromatic N) is 1. The Kier molecular flexibility index (Phi) is 7.51. The van der Waals surface area contributed by atoms with Crippen molar-refractivity contribution in [3.05, 3.63) is 39.9 Å². The van der Waals surface area contributed by atoms with Crippen LogP contribution < -0.4 is 29.1 Å². The molecule has 0 fully saturated rings. The van der Waals surface area contributed by atoms with E-state index in [2.05, 4.69) is 26.5 Å². The normalized spacial score (nSPS) is 10.5. The number of ether oxygens (including phenoxy) is 5. The van der Waals surface area contributed by atoms with Gasteiger partial charge in [-0.25, -0.2) is 5.43 Å². The molecule has 0 unspecified atom stereocenters. The minimum atomic E-state index is -0.443. The Morgan fingerprint density at radius 1 is 0.857 bits per heavy atom. The van der Waals surface area contributed by atoms with Crippen LogP contribution in [0.4, 0.5) is 0 Å². The van der Waals surface area contributed by atoms with Gasteiger partial charge in [-0.1, -0.05) is 0 Å². The Morgan fingerprint density at radius 3 is 1.93 bits per heavy atom. The third kappa shape index (κ3) is 4.66. The molecular weight excluding hydrogens is 432 g/mol. The highest BCUT2D eigenvalue weighted by atomic mass is 79.9. The van der Waals surface area contributed by atoms with Gasteiger partial charge in [-0.3, -0.25) is 4.79 Å². The van der Waals surface area contributed by atoms with E-state index in [0.29, 0.717) is 39.9 Å². The van der Waals surface area contributed by atoms with E-state index in [1.54, 1.807) is 19.2 Å². The zero-order valence-electron chi connectivity index (χ0n) is 16.2. The average Bonchev–Trinajstić information content (AvgIpc) is 2.72. The molecule has 0 saturated heterocycles. The lowest BCUT2D eigenvalue weighted by Gasteiger charge is -2.13. The van der Waals surface area contributed by atoms with Crippen molar-refractivity contribution in [2.75, 3.05) is 35.5 Å². The summed E-state index contributed by atoms with van der Waals surface area (Å²) in [5.74, 6) is 1.87. The first-order valence-corrected chi connectivity index (χ1v) is 8.83. The molecule has 0 aromatic heterocycles. The highest BCUT2D eigenvalue weighted by Crippen LogP contribution is 2.38. The fraction of sp³-hybridized carbons (Fsp3) is 0.263. The van der Waals surface area contributed by atoms with E-state index in [4.69, 9.17) is 23.7 Å². The van der Waals surface area contributed by atoms with E-state index < -0.39 is 5.91 Å². The van der Waals surface area contributed by atoms with Crippen LogP contribution in [0.2, 0.25) is 0 Å². The molecule has 2 aromatic carbocycles. The molecule has 1 N–H and O–H groups in total. The number of benzene rings is 2. The number of hydrazone groups is 1. The third-order valence-corrected chi connectivity index (χ3v) is 4.42. The van der Waals surface area contributed by atoms with E-state index >= 15 is 0 Å². The van der Waals surface area contributed by atoms with Crippen molar-refractivity contribution in [3.8, 4) is 28.7 Å². The fourth-order valence-corrected chi connectivity index (χ4v) is 2.94. The van der Waals surface area contributed by atoms with Crippen LogP contribution in [-0.2, 0) is 0 Å². The molecule has 0 aliphatic rings. The first-order valence-electron chi connectivity index (χ1n) is 8.03. The smallest absolute Gasteiger partial charge is 0.271 e. The molecule has 28 heavy (non-hydrogen) atoms. The van der Waals surface area contributed by atoms with Crippen LogP contribution in [0.3, 0.4) is 0 Å². The lowest BCUT2D eigenvalue weighted by molar-refractivity contribution is 0.0954. The second-order valence-corrected chi connectivity index (χ2v) is 6.20. The van der Waals surface area contributed by atoms with Crippen molar-refractivity contribution < 1.29 is 28.5 Å². The number of carbonyl (C=O) groups excluding carboxylic acids is 1. The number of methoxy groups -OCH3 is 5. The van der Waals surface area contributed by atoms with E-state index in [-0.39, 0.29) is 0 Å². The molecule has 9 heteroatoms.